The zero-order valence-electron chi connectivity index (χ0n) is 21.0. The number of hydrogen-bond donors (Lipinski definition) is 1. The number of methoxy groups -OCH3 is 1. The van der Waals surface area contributed by atoms with Crippen LogP contribution in [0.3, 0.4) is 0 Å². The van der Waals surface area contributed by atoms with Crippen LogP contribution in [0.25, 0.3) is 0 Å². The predicted octanol–water partition coefficient (Wildman–Crippen LogP) is 5.42. The van der Waals surface area contributed by atoms with Gasteiger partial charge in [-0.1, -0.05) is 65.8 Å². The zero-order chi connectivity index (χ0) is 24.2. The number of amides is 1. The molecule has 1 unspecified atom stereocenters. The molecule has 2 aliphatic rings. The van der Waals surface area contributed by atoms with Gasteiger partial charge in [0, 0.05) is 45.4 Å². The molecule has 1 N–H and O–H groups in total. The van der Waals surface area contributed by atoms with Crippen LogP contribution in [0.1, 0.15) is 64.6 Å². The molecule has 0 spiro atoms. The maximum absolute atomic E-state index is 12.3. The molecule has 0 aliphatic heterocycles. The Labute approximate surface area is 209 Å². The molecule has 0 radical (unpaired) electrons. The highest BCUT2D eigenvalue weighted by Crippen LogP contribution is 2.28. The Hall–Kier alpha value is -2.12. The van der Waals surface area contributed by atoms with Crippen LogP contribution in [0.2, 0.25) is 0 Å². The number of aryl methyl sites for hydroxylation is 1. The van der Waals surface area contributed by atoms with Gasteiger partial charge in [0.25, 0.3) is 0 Å². The second-order valence-corrected chi connectivity index (χ2v) is 10.3. The SMILES string of the molecule is COCCCn1c(CCCC(=O)NCCC2=CC=CCC2)nnc1SCC1=CC(C)=CC(C)C1. The molecule has 2 aliphatic carbocycles. The number of ether oxygens (including phenoxy) is 1. The fraction of sp³-hybridized carbons (Fsp3) is 0.593. The van der Waals surface area contributed by atoms with E-state index >= 15 is 0 Å². The number of nitrogens with zero attached hydrogens (tertiary/aromatic N) is 3. The summed E-state index contributed by atoms with van der Waals surface area (Å²) in [5, 5.41) is 13.0. The fourth-order valence-corrected chi connectivity index (χ4v) is 5.50. The third-order valence-corrected chi connectivity index (χ3v) is 7.22. The lowest BCUT2D eigenvalue weighted by molar-refractivity contribution is -0.121. The number of carbonyl (C=O) groups excluding carboxylic acids is 1. The first-order valence-corrected chi connectivity index (χ1v) is 13.6. The number of hydrogen-bond acceptors (Lipinski definition) is 5. The van der Waals surface area contributed by atoms with Crippen LogP contribution in [0.15, 0.2) is 52.3 Å². The molecule has 1 heterocycles. The standard InChI is InChI=1S/C27H40N4O2S/c1-21-17-22(2)19-24(18-21)20-34-27-30-29-25(31(27)15-8-16-33-3)11-7-12-26(32)28-14-13-23-9-5-4-6-10-23/h4-5,9,17-18,22H,6-8,10-16,19-20H2,1-3H3,(H,28,32). The molecule has 34 heavy (non-hydrogen) atoms. The Morgan fingerprint density at radius 3 is 2.91 bits per heavy atom. The molecule has 186 valence electrons. The zero-order valence-corrected chi connectivity index (χ0v) is 21.8. The van der Waals surface area contributed by atoms with Crippen LogP contribution in [-0.2, 0) is 22.5 Å². The largest absolute Gasteiger partial charge is 0.385 e. The molecular formula is C27H40N4O2S. The lowest BCUT2D eigenvalue weighted by Crippen LogP contribution is -2.24. The molecule has 0 bridgehead atoms. The van der Waals surface area contributed by atoms with Gasteiger partial charge in [-0.2, -0.15) is 0 Å². The molecule has 0 saturated heterocycles. The van der Waals surface area contributed by atoms with Crippen molar-refractivity contribution in [2.75, 3.05) is 26.0 Å². The molecular weight excluding hydrogens is 444 g/mol. The van der Waals surface area contributed by atoms with E-state index in [0.29, 0.717) is 18.9 Å². The van der Waals surface area contributed by atoms with Crippen LogP contribution in [0.4, 0.5) is 0 Å². The van der Waals surface area contributed by atoms with E-state index in [1.165, 1.54) is 16.7 Å². The third-order valence-electron chi connectivity index (χ3n) is 6.15. The highest BCUT2D eigenvalue weighted by molar-refractivity contribution is 7.99. The van der Waals surface area contributed by atoms with E-state index in [0.717, 1.165) is 74.8 Å². The Kier molecular flexibility index (Phi) is 11.2. The number of rotatable bonds is 14. The van der Waals surface area contributed by atoms with Crippen LogP contribution in [0, 0.1) is 5.92 Å². The first-order chi connectivity index (χ1) is 16.5. The van der Waals surface area contributed by atoms with Gasteiger partial charge in [-0.3, -0.25) is 4.79 Å². The highest BCUT2D eigenvalue weighted by atomic mass is 32.2. The minimum atomic E-state index is 0.119. The first kappa shape index (κ1) is 26.5. The van der Waals surface area contributed by atoms with Crippen molar-refractivity contribution in [3.05, 3.63) is 52.9 Å². The Bertz CT molecular complexity index is 929. The number of carbonyl (C=O) groups is 1. The molecule has 1 aromatic rings. The second-order valence-electron chi connectivity index (χ2n) is 9.33. The van der Waals surface area contributed by atoms with Crippen molar-refractivity contribution in [2.45, 2.75) is 76.9 Å². The van der Waals surface area contributed by atoms with Crippen LogP contribution in [0.5, 0.6) is 0 Å². The van der Waals surface area contributed by atoms with Gasteiger partial charge >= 0.3 is 0 Å². The molecule has 0 aromatic carbocycles. The Balaban J connectivity index is 1.48. The summed E-state index contributed by atoms with van der Waals surface area (Å²) >= 11 is 1.76. The van der Waals surface area contributed by atoms with Crippen molar-refractivity contribution in [3.63, 3.8) is 0 Å². The maximum Gasteiger partial charge on any atom is 0.220 e. The summed E-state index contributed by atoms with van der Waals surface area (Å²) in [6, 6.07) is 0. The topological polar surface area (TPSA) is 69.0 Å². The molecule has 6 nitrogen and oxygen atoms in total. The molecule has 0 saturated carbocycles. The van der Waals surface area contributed by atoms with Crippen LogP contribution < -0.4 is 5.32 Å². The lowest BCUT2D eigenvalue weighted by Gasteiger charge is -2.17. The maximum atomic E-state index is 12.3. The number of nitrogens with one attached hydrogen (secondary N) is 1. The fourth-order valence-electron chi connectivity index (χ4n) is 4.53. The Morgan fingerprint density at radius 1 is 1.26 bits per heavy atom. The summed E-state index contributed by atoms with van der Waals surface area (Å²) < 4.78 is 7.48. The summed E-state index contributed by atoms with van der Waals surface area (Å²) in [5.41, 5.74) is 4.23. The quantitative estimate of drug-likeness (QED) is 0.282. The van der Waals surface area contributed by atoms with Crippen LogP contribution >= 0.6 is 11.8 Å². The van der Waals surface area contributed by atoms with E-state index < -0.39 is 0 Å². The molecule has 1 atom stereocenters. The predicted molar refractivity (Wildman–Crippen MR) is 140 cm³/mol. The lowest BCUT2D eigenvalue weighted by atomic mass is 9.93. The van der Waals surface area contributed by atoms with Gasteiger partial charge in [0.1, 0.15) is 5.82 Å². The summed E-state index contributed by atoms with van der Waals surface area (Å²) in [5.74, 6) is 2.62. The summed E-state index contributed by atoms with van der Waals surface area (Å²) in [6.45, 7) is 6.71. The van der Waals surface area contributed by atoms with Gasteiger partial charge in [-0.05, 0) is 51.4 Å². The van der Waals surface area contributed by atoms with E-state index in [1.807, 2.05) is 0 Å². The van der Waals surface area contributed by atoms with Crippen molar-refractivity contribution in [3.8, 4) is 0 Å². The van der Waals surface area contributed by atoms with Crippen molar-refractivity contribution in [1.82, 2.24) is 20.1 Å². The van der Waals surface area contributed by atoms with Gasteiger partial charge in [-0.15, -0.1) is 10.2 Å². The van der Waals surface area contributed by atoms with Gasteiger partial charge in [0.2, 0.25) is 5.91 Å². The normalized spacial score (nSPS) is 17.9. The smallest absolute Gasteiger partial charge is 0.220 e. The molecule has 1 amide bonds. The van der Waals surface area contributed by atoms with E-state index in [9.17, 15) is 4.79 Å². The molecule has 0 fully saturated rings. The second kappa shape index (κ2) is 14.3. The number of aromatic nitrogens is 3. The van der Waals surface area contributed by atoms with Crippen molar-refractivity contribution >= 4 is 17.7 Å². The van der Waals surface area contributed by atoms with Crippen LogP contribution in [-0.4, -0.2) is 46.7 Å². The van der Waals surface area contributed by atoms with Crippen molar-refractivity contribution < 1.29 is 9.53 Å². The Morgan fingerprint density at radius 2 is 2.15 bits per heavy atom. The molecule has 7 heteroatoms. The summed E-state index contributed by atoms with van der Waals surface area (Å²) in [6.07, 6.45) is 18.3. The van der Waals surface area contributed by atoms with Gasteiger partial charge in [-0.25, -0.2) is 0 Å². The first-order valence-electron chi connectivity index (χ1n) is 12.6. The number of thioether (sulfide) groups is 1. The average Bonchev–Trinajstić information content (AvgIpc) is 3.19. The van der Waals surface area contributed by atoms with Crippen molar-refractivity contribution in [2.24, 2.45) is 5.92 Å². The minimum Gasteiger partial charge on any atom is -0.385 e. The van der Waals surface area contributed by atoms with Gasteiger partial charge in [0.05, 0.1) is 0 Å². The van der Waals surface area contributed by atoms with E-state index in [2.05, 4.69) is 64.3 Å². The van der Waals surface area contributed by atoms with E-state index in [1.54, 1.807) is 18.9 Å². The molecule has 1 aromatic heterocycles. The third kappa shape index (κ3) is 8.91. The highest BCUT2D eigenvalue weighted by Gasteiger charge is 2.16. The summed E-state index contributed by atoms with van der Waals surface area (Å²) in [7, 11) is 1.73. The van der Waals surface area contributed by atoms with E-state index in [-0.39, 0.29) is 5.91 Å². The van der Waals surface area contributed by atoms with Crippen molar-refractivity contribution in [1.29, 1.82) is 0 Å². The monoisotopic (exact) mass is 484 g/mol. The van der Waals surface area contributed by atoms with Gasteiger partial charge < -0.3 is 14.6 Å². The number of allylic oxidation sites excluding steroid dienone is 6. The molecule has 3 rings (SSSR count). The summed E-state index contributed by atoms with van der Waals surface area (Å²) in [4.78, 5) is 12.3. The van der Waals surface area contributed by atoms with Gasteiger partial charge in [0.15, 0.2) is 5.16 Å². The minimum absolute atomic E-state index is 0.119. The van der Waals surface area contributed by atoms with E-state index in [4.69, 9.17) is 4.74 Å². The average molecular weight is 485 g/mol.